The van der Waals surface area contributed by atoms with Gasteiger partial charge in [0, 0.05) is 86.7 Å². The quantitative estimate of drug-likeness (QED) is 0.136. The van der Waals surface area contributed by atoms with Crippen LogP contribution < -0.4 is 21.1 Å². The molecule has 0 radical (unpaired) electrons. The first-order valence-electron chi connectivity index (χ1n) is 21.2. The highest BCUT2D eigenvalue weighted by molar-refractivity contribution is 6.08. The number of aromatic amines is 1. The van der Waals surface area contributed by atoms with Gasteiger partial charge in [0.15, 0.2) is 0 Å². The second kappa shape index (κ2) is 16.0. The smallest absolute Gasteiger partial charge is 0.253 e. The molecular weight excluding hydrogens is 713 g/mol. The van der Waals surface area contributed by atoms with Gasteiger partial charge in [0.05, 0.1) is 17.3 Å². The molecule has 2 amide bonds. The number of amides is 2. The van der Waals surface area contributed by atoms with Crippen molar-refractivity contribution in [1.29, 1.82) is 0 Å². The van der Waals surface area contributed by atoms with Crippen molar-refractivity contribution in [1.82, 2.24) is 35.3 Å². The Kier molecular flexibility index (Phi) is 11.4. The molecule has 2 saturated carbocycles. The van der Waals surface area contributed by atoms with Crippen molar-refractivity contribution in [3.8, 4) is 11.1 Å². The Morgan fingerprint density at radius 3 is 2.39 bits per heavy atom. The zero-order chi connectivity index (χ0) is 40.7. The molecule has 4 aromatic rings. The molecule has 3 N–H and O–H groups in total. The molecule has 3 fully saturated rings. The summed E-state index contributed by atoms with van der Waals surface area (Å²) < 4.78 is 1.93. The average Bonchev–Trinajstić information content (AvgIpc) is 3.57. The molecule has 3 unspecified atom stereocenters. The minimum atomic E-state index is -0.263. The number of benzene rings is 1. The number of aromatic nitrogens is 4. The van der Waals surface area contributed by atoms with Crippen LogP contribution in [0.15, 0.2) is 47.5 Å². The third-order valence-electron chi connectivity index (χ3n) is 13.2. The lowest BCUT2D eigenvalue weighted by molar-refractivity contribution is -0.127. The molecule has 306 valence electrons. The van der Waals surface area contributed by atoms with Gasteiger partial charge in [-0.3, -0.25) is 24.0 Å². The minimum Gasteiger partial charge on any atom is -0.355 e. The third-order valence-corrected chi connectivity index (χ3v) is 13.2. The second-order valence-corrected chi connectivity index (χ2v) is 19.2. The van der Waals surface area contributed by atoms with Crippen LogP contribution in [0.4, 0.5) is 5.82 Å². The summed E-state index contributed by atoms with van der Waals surface area (Å²) in [5, 5.41) is 11.7. The summed E-state index contributed by atoms with van der Waals surface area (Å²) >= 11 is 0. The van der Waals surface area contributed by atoms with Gasteiger partial charge in [0.25, 0.3) is 11.5 Å². The predicted octanol–water partition coefficient (Wildman–Crippen LogP) is 7.57. The van der Waals surface area contributed by atoms with E-state index in [1.54, 1.807) is 6.20 Å². The summed E-state index contributed by atoms with van der Waals surface area (Å²) in [5.74, 6) is 1.63. The third kappa shape index (κ3) is 8.98. The van der Waals surface area contributed by atoms with Crippen molar-refractivity contribution < 1.29 is 9.59 Å². The number of hydrogen-bond donors (Lipinski definition) is 3. The molecule has 4 heterocycles. The van der Waals surface area contributed by atoms with Crippen LogP contribution in [-0.4, -0.2) is 75.7 Å². The Morgan fingerprint density at radius 2 is 1.72 bits per heavy atom. The summed E-state index contributed by atoms with van der Waals surface area (Å²) in [7, 11) is 0. The fraction of sp³-hybridized carbons (Fsp3) is 0.587. The van der Waals surface area contributed by atoms with Crippen LogP contribution in [0.3, 0.4) is 0 Å². The lowest BCUT2D eigenvalue weighted by Gasteiger charge is -2.57. The van der Waals surface area contributed by atoms with Crippen molar-refractivity contribution in [3.63, 3.8) is 0 Å². The number of pyridine rings is 2. The number of nitrogens with zero attached hydrogens (tertiary/aromatic N) is 5. The number of piperazine rings is 1. The Bertz CT molecular complexity index is 2160. The van der Waals surface area contributed by atoms with Gasteiger partial charge in [-0.25, -0.2) is 4.98 Å². The molecule has 2 aliphatic carbocycles. The molecule has 3 aromatic heterocycles. The highest BCUT2D eigenvalue weighted by Crippen LogP contribution is 2.61. The highest BCUT2D eigenvalue weighted by Gasteiger charge is 2.51. The first kappa shape index (κ1) is 40.7. The SMILES string of the molecule is CCC1(CC(=O)NCCN2CCN(c3ccc(-c4cc(C(=O)NCc5c(C)cc(C)[nH]c5=O)c5cnn(C(C)C)c5c4)cn3)CC2)CC2CC(C)(C)CC(C)(C2)C1. The van der Waals surface area contributed by atoms with E-state index in [1.807, 2.05) is 36.9 Å². The Balaban J connectivity index is 0.945. The largest absolute Gasteiger partial charge is 0.355 e. The van der Waals surface area contributed by atoms with Gasteiger partial charge in [0.2, 0.25) is 5.91 Å². The number of nitrogens with one attached hydrogen (secondary N) is 3. The van der Waals surface area contributed by atoms with Crippen molar-refractivity contribution >= 4 is 28.5 Å². The number of carbonyl (C=O) groups excluding carboxylic acids is 2. The Hall–Kier alpha value is -4.51. The molecule has 11 heteroatoms. The molecule has 3 atom stereocenters. The maximum Gasteiger partial charge on any atom is 0.253 e. The fourth-order valence-corrected chi connectivity index (χ4v) is 11.2. The summed E-state index contributed by atoms with van der Waals surface area (Å²) in [4.78, 5) is 52.2. The molecular formula is C46H64N8O3. The summed E-state index contributed by atoms with van der Waals surface area (Å²) in [6, 6.07) is 10.1. The molecule has 1 saturated heterocycles. The number of aryl methyl sites for hydroxylation is 2. The molecule has 7 rings (SSSR count). The normalized spacial score (nSPS) is 23.5. The zero-order valence-electron chi connectivity index (χ0n) is 35.6. The van der Waals surface area contributed by atoms with Crippen LogP contribution >= 0.6 is 0 Å². The van der Waals surface area contributed by atoms with E-state index in [9.17, 15) is 14.4 Å². The lowest BCUT2D eigenvalue weighted by Crippen LogP contribution is -2.49. The Labute approximate surface area is 338 Å². The van der Waals surface area contributed by atoms with Crippen LogP contribution in [0.5, 0.6) is 0 Å². The summed E-state index contributed by atoms with van der Waals surface area (Å²) in [5.41, 5.74) is 6.05. The van der Waals surface area contributed by atoms with E-state index < -0.39 is 0 Å². The first-order chi connectivity index (χ1) is 27.0. The number of H-pyrrole nitrogens is 1. The highest BCUT2D eigenvalue weighted by atomic mass is 16.2. The first-order valence-corrected chi connectivity index (χ1v) is 21.2. The maximum atomic E-state index is 13.7. The number of carbonyl (C=O) groups is 2. The number of hydrogen-bond acceptors (Lipinski definition) is 7. The average molecular weight is 777 g/mol. The number of anilines is 1. The summed E-state index contributed by atoms with van der Waals surface area (Å²) in [6.07, 6.45) is 11.6. The summed E-state index contributed by atoms with van der Waals surface area (Å²) in [6.45, 7) is 22.7. The molecule has 1 aliphatic heterocycles. The fourth-order valence-electron chi connectivity index (χ4n) is 11.2. The van der Waals surface area contributed by atoms with Gasteiger partial charge in [-0.05, 0) is 130 Å². The van der Waals surface area contributed by atoms with Crippen molar-refractivity contribution in [3.05, 3.63) is 75.5 Å². The minimum absolute atomic E-state index is 0.101. The zero-order valence-corrected chi connectivity index (χ0v) is 35.6. The van der Waals surface area contributed by atoms with Gasteiger partial charge in [-0.15, -0.1) is 0 Å². The van der Waals surface area contributed by atoms with E-state index in [0.29, 0.717) is 34.9 Å². The van der Waals surface area contributed by atoms with Gasteiger partial charge in [-0.1, -0.05) is 27.7 Å². The monoisotopic (exact) mass is 777 g/mol. The predicted molar refractivity (Wildman–Crippen MR) is 229 cm³/mol. The molecule has 0 spiro atoms. The van der Waals surface area contributed by atoms with E-state index in [2.05, 4.69) is 90.3 Å². The van der Waals surface area contributed by atoms with Crippen LogP contribution in [0.2, 0.25) is 0 Å². The molecule has 3 aliphatic rings. The molecule has 2 bridgehead atoms. The standard InChI is InChI=1S/C46H64N8O3/c1-9-46(23-33-21-44(6,7)28-45(8,22-33)29-46)24-41(55)47-12-13-52-14-16-53(17-15-52)40-11-10-34(25-48-40)35-19-36(38-27-50-54(30(2)3)39(38)20-35)42(56)49-26-37-31(4)18-32(5)51-43(37)57/h10-11,18-20,25,27,30,33H,9,12-17,21-24,26,28-29H2,1-8H3,(H,47,55)(H,49,56)(H,51,57). The maximum absolute atomic E-state index is 13.7. The van der Waals surface area contributed by atoms with E-state index in [1.165, 1.54) is 32.1 Å². The van der Waals surface area contributed by atoms with E-state index in [-0.39, 0.29) is 35.4 Å². The molecule has 11 nitrogen and oxygen atoms in total. The number of rotatable bonds is 12. The molecule has 57 heavy (non-hydrogen) atoms. The van der Waals surface area contributed by atoms with E-state index in [4.69, 9.17) is 4.98 Å². The van der Waals surface area contributed by atoms with Crippen LogP contribution in [0, 0.1) is 36.0 Å². The second-order valence-electron chi connectivity index (χ2n) is 19.2. The van der Waals surface area contributed by atoms with Crippen LogP contribution in [0.25, 0.3) is 22.0 Å². The van der Waals surface area contributed by atoms with Crippen molar-refractivity contribution in [2.24, 2.45) is 22.2 Å². The van der Waals surface area contributed by atoms with Gasteiger partial charge >= 0.3 is 0 Å². The lowest BCUT2D eigenvalue weighted by atomic mass is 9.48. The topological polar surface area (TPSA) is 128 Å². The van der Waals surface area contributed by atoms with Gasteiger partial charge in [0.1, 0.15) is 5.82 Å². The van der Waals surface area contributed by atoms with Crippen LogP contribution in [0.1, 0.15) is 120 Å². The number of fused-ring (bicyclic) bond motifs is 3. The molecule has 1 aromatic carbocycles. The van der Waals surface area contributed by atoms with Gasteiger partial charge < -0.3 is 20.5 Å². The van der Waals surface area contributed by atoms with Crippen molar-refractivity contribution in [2.75, 3.05) is 44.2 Å². The van der Waals surface area contributed by atoms with Gasteiger partial charge in [-0.2, -0.15) is 5.10 Å². The Morgan fingerprint density at radius 1 is 0.947 bits per heavy atom. The van der Waals surface area contributed by atoms with Crippen molar-refractivity contribution in [2.45, 2.75) is 113 Å². The van der Waals surface area contributed by atoms with E-state index >= 15 is 0 Å². The van der Waals surface area contributed by atoms with Crippen LogP contribution in [-0.2, 0) is 11.3 Å². The van der Waals surface area contributed by atoms with E-state index in [0.717, 1.165) is 84.2 Å².